The third-order valence-electron chi connectivity index (χ3n) is 4.69. The van der Waals surface area contributed by atoms with E-state index >= 15 is 0 Å². The second-order valence-corrected chi connectivity index (χ2v) is 7.64. The number of carbonyl (C=O) groups excluding carboxylic acids is 1. The van der Waals surface area contributed by atoms with Gasteiger partial charge in [0.2, 0.25) is 0 Å². The maximum atomic E-state index is 13.2. The van der Waals surface area contributed by atoms with E-state index in [-0.39, 0.29) is 21.7 Å². The summed E-state index contributed by atoms with van der Waals surface area (Å²) in [6.45, 7) is 1.15. The van der Waals surface area contributed by atoms with Gasteiger partial charge in [0, 0.05) is 25.0 Å². The molecule has 170 valence electrons. The molecule has 3 nitrogen and oxygen atoms in total. The lowest BCUT2D eigenvalue weighted by Gasteiger charge is -2.31. The van der Waals surface area contributed by atoms with Crippen LogP contribution in [0.4, 0.5) is 26.3 Å². The monoisotopic (exact) mass is 488 g/mol. The fourth-order valence-corrected chi connectivity index (χ4v) is 3.31. The Kier molecular flexibility index (Phi) is 7.37. The molecule has 0 aliphatic carbocycles. The predicted molar refractivity (Wildman–Crippen MR) is 102 cm³/mol. The summed E-state index contributed by atoms with van der Waals surface area (Å²) < 4.78 is 84.1. The zero-order valence-corrected chi connectivity index (χ0v) is 17.5. The van der Waals surface area contributed by atoms with Crippen LogP contribution in [0.2, 0.25) is 10.0 Å². The van der Waals surface area contributed by atoms with Crippen LogP contribution in [-0.2, 0) is 27.7 Å². The van der Waals surface area contributed by atoms with Gasteiger partial charge in [0.25, 0.3) is 0 Å². The van der Waals surface area contributed by atoms with Gasteiger partial charge in [0.05, 0.1) is 21.2 Å². The van der Waals surface area contributed by atoms with Crippen molar-refractivity contribution < 1.29 is 41.0 Å². The molecule has 0 aromatic heterocycles. The van der Waals surface area contributed by atoms with E-state index < -0.39 is 53.0 Å². The van der Waals surface area contributed by atoms with Crippen LogP contribution in [0.15, 0.2) is 36.4 Å². The van der Waals surface area contributed by atoms with Crippen LogP contribution in [0, 0.1) is 0 Å². The quantitative estimate of drug-likeness (QED) is 0.368. The van der Waals surface area contributed by atoms with Crippen molar-refractivity contribution in [1.29, 1.82) is 0 Å². The molecule has 2 aromatic carbocycles. The summed E-state index contributed by atoms with van der Waals surface area (Å²) in [5.74, 6) is -4.34. The summed E-state index contributed by atoms with van der Waals surface area (Å²) in [6.07, 6.45) is -10.9. The lowest BCUT2D eigenvalue weighted by molar-refractivity contribution is -0.203. The minimum atomic E-state index is -5.12. The number of carbonyl (C=O) groups is 1. The van der Waals surface area contributed by atoms with Gasteiger partial charge in [-0.2, -0.15) is 26.3 Å². The highest BCUT2D eigenvalue weighted by Gasteiger charge is 2.42. The van der Waals surface area contributed by atoms with Gasteiger partial charge in [0.15, 0.2) is 5.79 Å². The minimum Gasteiger partial charge on any atom is -0.362 e. The first-order valence-corrected chi connectivity index (χ1v) is 9.37. The van der Waals surface area contributed by atoms with Gasteiger partial charge in [-0.15, -0.1) is 0 Å². The molecule has 0 bridgehead atoms. The molecule has 1 N–H and O–H groups in total. The number of ether oxygens (including phenoxy) is 1. The molecular formula is C20H16Cl2F6O3. The highest BCUT2D eigenvalue weighted by atomic mass is 35.5. The molecule has 0 aliphatic heterocycles. The van der Waals surface area contributed by atoms with E-state index in [9.17, 15) is 36.2 Å². The Labute approximate surface area is 183 Å². The van der Waals surface area contributed by atoms with Gasteiger partial charge in [0.1, 0.15) is 5.78 Å². The van der Waals surface area contributed by atoms with Crippen LogP contribution in [-0.4, -0.2) is 18.0 Å². The first-order chi connectivity index (χ1) is 14.1. The number of ketones is 1. The number of aliphatic hydroxyl groups is 1. The average Bonchev–Trinajstić information content (AvgIpc) is 2.66. The molecule has 0 saturated heterocycles. The Bertz CT molecular complexity index is 942. The van der Waals surface area contributed by atoms with E-state index in [0.29, 0.717) is 12.1 Å². The number of alkyl halides is 6. The molecule has 0 fully saturated rings. The first-order valence-electron chi connectivity index (χ1n) is 8.61. The number of hydrogen-bond acceptors (Lipinski definition) is 3. The van der Waals surface area contributed by atoms with Crippen molar-refractivity contribution in [1.82, 2.24) is 0 Å². The summed E-state index contributed by atoms with van der Waals surface area (Å²) in [7, 11) is 0.902. The van der Waals surface area contributed by atoms with Crippen LogP contribution < -0.4 is 0 Å². The van der Waals surface area contributed by atoms with E-state index in [1.807, 2.05) is 0 Å². The molecule has 11 heteroatoms. The van der Waals surface area contributed by atoms with E-state index in [2.05, 4.69) is 0 Å². The van der Waals surface area contributed by atoms with Gasteiger partial charge in [-0.25, -0.2) is 0 Å². The summed E-state index contributed by atoms with van der Waals surface area (Å²) in [6, 6.07) is 4.73. The topological polar surface area (TPSA) is 46.5 Å². The highest BCUT2D eigenvalue weighted by Crippen LogP contribution is 2.42. The number of halogens is 8. The molecule has 0 amide bonds. The number of hydrogen-bond donors (Lipinski definition) is 1. The molecule has 2 aromatic rings. The second kappa shape index (κ2) is 8.97. The van der Waals surface area contributed by atoms with E-state index in [1.54, 1.807) is 0 Å². The van der Waals surface area contributed by atoms with Crippen molar-refractivity contribution in [3.8, 4) is 0 Å². The van der Waals surface area contributed by atoms with Crippen molar-refractivity contribution in [2.75, 3.05) is 7.11 Å². The Morgan fingerprint density at radius 1 is 0.935 bits per heavy atom. The molecule has 2 rings (SSSR count). The van der Waals surface area contributed by atoms with Crippen molar-refractivity contribution in [2.45, 2.75) is 37.4 Å². The molecule has 0 saturated carbocycles. The summed E-state index contributed by atoms with van der Waals surface area (Å²) >= 11 is 11.8. The maximum Gasteiger partial charge on any atom is 0.416 e. The van der Waals surface area contributed by atoms with E-state index in [1.165, 1.54) is 18.2 Å². The molecule has 2 atom stereocenters. The van der Waals surface area contributed by atoms with E-state index in [4.69, 9.17) is 27.9 Å². The Morgan fingerprint density at radius 2 is 1.42 bits per heavy atom. The number of rotatable bonds is 6. The van der Waals surface area contributed by atoms with E-state index in [0.717, 1.165) is 14.0 Å². The summed E-state index contributed by atoms with van der Waals surface area (Å²) in [4.78, 5) is 12.2. The third kappa shape index (κ3) is 5.91. The van der Waals surface area contributed by atoms with Crippen molar-refractivity contribution in [2.24, 2.45) is 0 Å². The predicted octanol–water partition coefficient (Wildman–Crippen LogP) is 6.59. The molecule has 31 heavy (non-hydrogen) atoms. The number of Topliss-reactive ketones (excluding diaryl/α,β-unsaturated/α-hetero) is 1. The fourth-order valence-electron chi connectivity index (χ4n) is 3.00. The van der Waals surface area contributed by atoms with Crippen molar-refractivity contribution >= 4 is 29.0 Å². The molecule has 0 aliphatic rings. The molecule has 2 unspecified atom stereocenters. The van der Waals surface area contributed by atoms with Crippen molar-refractivity contribution in [3.05, 3.63) is 68.7 Å². The third-order valence-corrected chi connectivity index (χ3v) is 5.43. The zero-order valence-electron chi connectivity index (χ0n) is 16.0. The largest absolute Gasteiger partial charge is 0.416 e. The maximum absolute atomic E-state index is 13.2. The SMILES string of the molecule is COC(O)(CC(C(C)=O)c1ccc(Cl)c(Cl)c1)c1cc(C(F)(F)F)cc(C(F)(F)F)c1. The molecule has 0 heterocycles. The highest BCUT2D eigenvalue weighted by molar-refractivity contribution is 6.42. The number of benzene rings is 2. The second-order valence-electron chi connectivity index (χ2n) is 6.82. The fraction of sp³-hybridized carbons (Fsp3) is 0.350. The van der Waals surface area contributed by atoms with Gasteiger partial charge >= 0.3 is 12.4 Å². The van der Waals surface area contributed by atoms with Gasteiger partial charge in [-0.3, -0.25) is 4.79 Å². The Balaban J connectivity index is 2.62. The molecular weight excluding hydrogens is 473 g/mol. The Morgan fingerprint density at radius 3 is 1.81 bits per heavy atom. The van der Waals surface area contributed by atoms with Gasteiger partial charge < -0.3 is 9.84 Å². The normalized spacial score (nSPS) is 15.5. The summed E-state index contributed by atoms with van der Waals surface area (Å²) in [5.41, 5.74) is -3.80. The van der Waals surface area contributed by atoms with Crippen LogP contribution in [0.3, 0.4) is 0 Å². The summed E-state index contributed by atoms with van der Waals surface area (Å²) in [5, 5.41) is 11.2. The van der Waals surface area contributed by atoms with Gasteiger partial charge in [-0.1, -0.05) is 29.3 Å². The van der Waals surface area contributed by atoms with Crippen molar-refractivity contribution in [3.63, 3.8) is 0 Å². The van der Waals surface area contributed by atoms with Crippen LogP contribution in [0.25, 0.3) is 0 Å². The lowest BCUT2D eigenvalue weighted by atomic mass is 9.85. The van der Waals surface area contributed by atoms with Crippen LogP contribution in [0.5, 0.6) is 0 Å². The molecule has 0 spiro atoms. The zero-order chi connectivity index (χ0) is 23.8. The van der Waals surface area contributed by atoms with Crippen LogP contribution >= 0.6 is 23.2 Å². The lowest BCUT2D eigenvalue weighted by Crippen LogP contribution is -2.33. The first kappa shape index (κ1) is 25.5. The number of methoxy groups -OCH3 is 1. The standard InChI is InChI=1S/C20H16Cl2F6O3/c1-10(29)15(11-3-4-16(21)17(22)5-11)9-18(30,31-2)12-6-13(19(23,24)25)8-14(7-12)20(26,27)28/h3-8,15,30H,9H2,1-2H3. The molecule has 0 radical (unpaired) electrons. The average molecular weight is 489 g/mol. The Hall–Kier alpha value is -1.81. The van der Waals surface area contributed by atoms with Crippen LogP contribution in [0.1, 0.15) is 41.5 Å². The minimum absolute atomic E-state index is 0.0684. The smallest absolute Gasteiger partial charge is 0.362 e. The van der Waals surface area contributed by atoms with Gasteiger partial charge in [-0.05, 0) is 42.8 Å².